The third-order valence-corrected chi connectivity index (χ3v) is 4.32. The summed E-state index contributed by atoms with van der Waals surface area (Å²) in [5.41, 5.74) is 0.0248. The largest absolute Gasteiger partial charge is 0.416 e. The standard InChI is InChI=1S/C18H13F3N2O2S/c19-18(20,21)14-9-5-4-8-13(14)10-15-16(24)22-17(26-15)23-25-11-12-6-2-1-3-7-12/h1-10H,11H2,(H,22,23,24). The molecule has 8 heteroatoms. The number of nitrogens with zero attached hydrogens (tertiary/aromatic N) is 1. The van der Waals surface area contributed by atoms with E-state index in [1.54, 1.807) is 0 Å². The van der Waals surface area contributed by atoms with Gasteiger partial charge in [-0.25, -0.2) is 0 Å². The van der Waals surface area contributed by atoms with Crippen molar-refractivity contribution in [2.45, 2.75) is 12.8 Å². The summed E-state index contributed by atoms with van der Waals surface area (Å²) in [5, 5.41) is 6.47. The van der Waals surface area contributed by atoms with Crippen LogP contribution in [0.2, 0.25) is 0 Å². The zero-order chi connectivity index (χ0) is 18.6. The number of hydrogen-bond donors (Lipinski definition) is 1. The van der Waals surface area contributed by atoms with Crippen molar-refractivity contribution in [2.75, 3.05) is 0 Å². The summed E-state index contributed by atoms with van der Waals surface area (Å²) in [6.07, 6.45) is -3.30. The predicted octanol–water partition coefficient (Wildman–Crippen LogP) is 4.40. The van der Waals surface area contributed by atoms with Gasteiger partial charge in [-0.1, -0.05) is 53.7 Å². The Morgan fingerprint density at radius 2 is 1.77 bits per heavy atom. The van der Waals surface area contributed by atoms with Crippen molar-refractivity contribution in [3.63, 3.8) is 0 Å². The third-order valence-electron chi connectivity index (χ3n) is 3.43. The maximum absolute atomic E-state index is 13.0. The lowest BCUT2D eigenvalue weighted by Crippen LogP contribution is -2.19. The van der Waals surface area contributed by atoms with Gasteiger partial charge in [0.25, 0.3) is 5.91 Å². The van der Waals surface area contributed by atoms with Gasteiger partial charge in [0.05, 0.1) is 10.5 Å². The Morgan fingerprint density at radius 1 is 1.08 bits per heavy atom. The van der Waals surface area contributed by atoms with E-state index >= 15 is 0 Å². The molecule has 0 atom stereocenters. The number of amides is 1. The van der Waals surface area contributed by atoms with Gasteiger partial charge < -0.3 is 4.84 Å². The average Bonchev–Trinajstić information content (AvgIpc) is 2.95. The first-order valence-corrected chi connectivity index (χ1v) is 8.36. The second-order valence-electron chi connectivity index (χ2n) is 5.31. The monoisotopic (exact) mass is 378 g/mol. The summed E-state index contributed by atoms with van der Waals surface area (Å²) in [4.78, 5) is 17.3. The SMILES string of the molecule is O=C1N/C(=N\OCc2ccccc2)SC1=Cc1ccccc1C(F)(F)F. The highest BCUT2D eigenvalue weighted by atomic mass is 32.2. The van der Waals surface area contributed by atoms with Crippen LogP contribution in [0.1, 0.15) is 16.7 Å². The fourth-order valence-electron chi connectivity index (χ4n) is 2.23. The molecule has 0 spiro atoms. The van der Waals surface area contributed by atoms with Crippen LogP contribution < -0.4 is 5.32 Å². The Bertz CT molecular complexity index is 864. The molecule has 1 saturated heterocycles. The molecule has 4 nitrogen and oxygen atoms in total. The zero-order valence-corrected chi connectivity index (χ0v) is 14.1. The fourth-order valence-corrected chi connectivity index (χ4v) is 3.00. The van der Waals surface area contributed by atoms with E-state index < -0.39 is 17.6 Å². The first-order chi connectivity index (χ1) is 12.4. The van der Waals surface area contributed by atoms with Gasteiger partial charge in [-0.05, 0) is 35.0 Å². The van der Waals surface area contributed by atoms with E-state index in [1.807, 2.05) is 30.3 Å². The quantitative estimate of drug-likeness (QED) is 0.634. The number of rotatable bonds is 4. The summed E-state index contributed by atoms with van der Waals surface area (Å²) in [5.74, 6) is -0.519. The second kappa shape index (κ2) is 7.65. The number of benzene rings is 2. The molecule has 0 unspecified atom stereocenters. The van der Waals surface area contributed by atoms with Crippen molar-refractivity contribution in [3.8, 4) is 0 Å². The van der Waals surface area contributed by atoms with Crippen LogP contribution in [0.3, 0.4) is 0 Å². The Balaban J connectivity index is 1.72. The minimum absolute atomic E-state index is 0.0795. The van der Waals surface area contributed by atoms with Crippen LogP contribution in [0.4, 0.5) is 13.2 Å². The number of carbonyl (C=O) groups excluding carboxylic acids is 1. The van der Waals surface area contributed by atoms with Crippen LogP contribution >= 0.6 is 11.8 Å². The molecule has 2 aromatic carbocycles. The summed E-state index contributed by atoms with van der Waals surface area (Å²) in [6.45, 7) is 0.219. The molecule has 134 valence electrons. The molecule has 1 amide bonds. The molecule has 0 aliphatic carbocycles. The number of alkyl halides is 3. The van der Waals surface area contributed by atoms with Gasteiger partial charge in [-0.3, -0.25) is 10.1 Å². The van der Waals surface area contributed by atoms with E-state index in [0.29, 0.717) is 0 Å². The third kappa shape index (κ3) is 4.45. The molecule has 1 fully saturated rings. The predicted molar refractivity (Wildman–Crippen MR) is 93.8 cm³/mol. The molecular weight excluding hydrogens is 365 g/mol. The number of hydrogen-bond acceptors (Lipinski definition) is 4. The molecule has 0 saturated carbocycles. The van der Waals surface area contributed by atoms with Gasteiger partial charge in [0.15, 0.2) is 0 Å². The highest BCUT2D eigenvalue weighted by Gasteiger charge is 2.33. The average molecular weight is 378 g/mol. The van der Waals surface area contributed by atoms with Crippen LogP contribution in [0.15, 0.2) is 64.7 Å². The summed E-state index contributed by atoms with van der Waals surface area (Å²) in [6, 6.07) is 14.4. The lowest BCUT2D eigenvalue weighted by atomic mass is 10.1. The van der Waals surface area contributed by atoms with E-state index in [4.69, 9.17) is 4.84 Å². The van der Waals surface area contributed by atoms with Crippen molar-refractivity contribution in [3.05, 3.63) is 76.2 Å². The summed E-state index contributed by atoms with van der Waals surface area (Å²) >= 11 is 0.926. The van der Waals surface area contributed by atoms with Crippen molar-refractivity contribution in [1.82, 2.24) is 5.32 Å². The molecule has 0 radical (unpaired) electrons. The van der Waals surface area contributed by atoms with Crippen LogP contribution in [-0.4, -0.2) is 11.1 Å². The van der Waals surface area contributed by atoms with Crippen LogP contribution in [0.5, 0.6) is 0 Å². The topological polar surface area (TPSA) is 50.7 Å². The zero-order valence-electron chi connectivity index (χ0n) is 13.3. The molecule has 1 heterocycles. The maximum atomic E-state index is 13.0. The molecule has 3 rings (SSSR count). The van der Waals surface area contributed by atoms with Crippen molar-refractivity contribution in [1.29, 1.82) is 0 Å². The van der Waals surface area contributed by atoms with Crippen molar-refractivity contribution >= 4 is 28.9 Å². The minimum Gasteiger partial charge on any atom is -0.389 e. The normalized spacial score (nSPS) is 17.6. The lowest BCUT2D eigenvalue weighted by molar-refractivity contribution is -0.137. The Hall–Kier alpha value is -2.74. The highest BCUT2D eigenvalue weighted by Crippen LogP contribution is 2.34. The highest BCUT2D eigenvalue weighted by molar-refractivity contribution is 8.18. The first kappa shape index (κ1) is 18.1. The van der Waals surface area contributed by atoms with E-state index in [9.17, 15) is 18.0 Å². The van der Waals surface area contributed by atoms with Crippen LogP contribution in [0, 0.1) is 0 Å². The van der Waals surface area contributed by atoms with E-state index in [1.165, 1.54) is 24.3 Å². The van der Waals surface area contributed by atoms with Gasteiger partial charge in [0, 0.05) is 0 Å². The van der Waals surface area contributed by atoms with Crippen molar-refractivity contribution in [2.24, 2.45) is 5.16 Å². The molecule has 1 aliphatic rings. The number of nitrogens with one attached hydrogen (secondary N) is 1. The molecule has 1 N–H and O–H groups in total. The van der Waals surface area contributed by atoms with Crippen LogP contribution in [-0.2, 0) is 22.4 Å². The van der Waals surface area contributed by atoms with Gasteiger partial charge >= 0.3 is 6.18 Å². The fraction of sp³-hybridized carbons (Fsp3) is 0.111. The first-order valence-electron chi connectivity index (χ1n) is 7.54. The molecule has 2 aromatic rings. The van der Waals surface area contributed by atoms with E-state index in [2.05, 4.69) is 10.5 Å². The number of thioether (sulfide) groups is 1. The van der Waals surface area contributed by atoms with E-state index in [0.717, 1.165) is 23.4 Å². The lowest BCUT2D eigenvalue weighted by Gasteiger charge is -2.09. The number of amidine groups is 1. The van der Waals surface area contributed by atoms with Gasteiger partial charge in [0.1, 0.15) is 6.61 Å². The van der Waals surface area contributed by atoms with Crippen LogP contribution in [0.25, 0.3) is 6.08 Å². The molecular formula is C18H13F3N2O2S. The van der Waals surface area contributed by atoms with E-state index in [-0.39, 0.29) is 22.2 Å². The summed E-state index contributed by atoms with van der Waals surface area (Å²) < 4.78 is 39.1. The number of carbonyl (C=O) groups is 1. The smallest absolute Gasteiger partial charge is 0.389 e. The van der Waals surface area contributed by atoms with Gasteiger partial charge in [-0.2, -0.15) is 13.2 Å². The minimum atomic E-state index is -4.50. The molecule has 1 aliphatic heterocycles. The number of oxime groups is 1. The molecule has 0 aromatic heterocycles. The molecule has 26 heavy (non-hydrogen) atoms. The van der Waals surface area contributed by atoms with Gasteiger partial charge in [0.2, 0.25) is 5.17 Å². The summed E-state index contributed by atoms with van der Waals surface area (Å²) in [7, 11) is 0. The Kier molecular flexibility index (Phi) is 5.32. The number of halogens is 3. The van der Waals surface area contributed by atoms with Gasteiger partial charge in [-0.15, -0.1) is 0 Å². The second-order valence-corrected chi connectivity index (χ2v) is 6.34. The Labute approximate surface area is 151 Å². The Morgan fingerprint density at radius 3 is 2.50 bits per heavy atom. The maximum Gasteiger partial charge on any atom is 0.416 e. The molecule has 0 bridgehead atoms. The van der Waals surface area contributed by atoms with Crippen molar-refractivity contribution < 1.29 is 22.8 Å².